The second kappa shape index (κ2) is 7.78. The van der Waals surface area contributed by atoms with Crippen LogP contribution in [0.3, 0.4) is 0 Å². The molecule has 0 aromatic heterocycles. The zero-order valence-corrected chi connectivity index (χ0v) is 13.1. The van der Waals surface area contributed by atoms with Crippen molar-refractivity contribution in [2.45, 2.75) is 72.8 Å². The Hall–Kier alpha value is -0.570. The second-order valence-corrected chi connectivity index (χ2v) is 7.08. The molecule has 0 radical (unpaired) electrons. The molecule has 0 aliphatic heterocycles. The van der Waals surface area contributed by atoms with Gasteiger partial charge >= 0.3 is 0 Å². The lowest BCUT2D eigenvalue weighted by Crippen LogP contribution is -2.30. The van der Waals surface area contributed by atoms with E-state index in [1.54, 1.807) is 0 Å². The van der Waals surface area contributed by atoms with Crippen LogP contribution >= 0.6 is 0 Å². The summed E-state index contributed by atoms with van der Waals surface area (Å²) in [5.41, 5.74) is 0.245. The Labute approximate surface area is 113 Å². The van der Waals surface area contributed by atoms with Crippen LogP contribution in [0, 0.1) is 5.41 Å². The maximum atomic E-state index is 11.5. The zero-order chi connectivity index (χ0) is 14.2. The number of rotatable bonds is 7. The molecule has 1 amide bonds. The van der Waals surface area contributed by atoms with Crippen LogP contribution < -0.4 is 5.32 Å². The van der Waals surface area contributed by atoms with E-state index in [0.29, 0.717) is 25.0 Å². The number of carbonyl (C=O) groups is 1. The van der Waals surface area contributed by atoms with Gasteiger partial charge in [0.25, 0.3) is 0 Å². The lowest BCUT2D eigenvalue weighted by molar-refractivity contribution is -0.121. The first-order valence-corrected chi connectivity index (χ1v) is 7.01. The third-order valence-corrected chi connectivity index (χ3v) is 2.54. The van der Waals surface area contributed by atoms with E-state index in [0.717, 1.165) is 12.8 Å². The molecule has 0 spiro atoms. The van der Waals surface area contributed by atoms with E-state index in [4.69, 9.17) is 4.74 Å². The summed E-state index contributed by atoms with van der Waals surface area (Å²) in [5, 5.41) is 2.89. The molecule has 0 saturated heterocycles. The Bertz CT molecular complexity index is 212. The normalized spacial score (nSPS) is 12.6. The Morgan fingerprint density at radius 1 is 1.06 bits per heavy atom. The minimum atomic E-state index is -0.128. The summed E-state index contributed by atoms with van der Waals surface area (Å²) in [6.07, 6.45) is 3.90. The van der Waals surface area contributed by atoms with Gasteiger partial charge in [0.1, 0.15) is 0 Å². The molecule has 0 aromatic carbocycles. The average molecular weight is 257 g/mol. The van der Waals surface area contributed by atoms with Gasteiger partial charge in [-0.05, 0) is 39.0 Å². The van der Waals surface area contributed by atoms with Gasteiger partial charge < -0.3 is 10.1 Å². The van der Waals surface area contributed by atoms with Crippen LogP contribution in [-0.2, 0) is 9.53 Å². The van der Waals surface area contributed by atoms with Crippen molar-refractivity contribution in [1.82, 2.24) is 5.32 Å². The predicted molar refractivity (Wildman–Crippen MR) is 76.6 cm³/mol. The van der Waals surface area contributed by atoms with Crippen molar-refractivity contribution in [3.63, 3.8) is 0 Å². The number of hydrogen-bond donors (Lipinski definition) is 1. The summed E-state index contributed by atoms with van der Waals surface area (Å²) in [7, 11) is 0. The molecule has 0 aliphatic rings. The van der Waals surface area contributed by atoms with Gasteiger partial charge in [-0.2, -0.15) is 0 Å². The lowest BCUT2D eigenvalue weighted by atomic mass is 9.89. The van der Waals surface area contributed by atoms with Crippen LogP contribution in [0.2, 0.25) is 0 Å². The van der Waals surface area contributed by atoms with Crippen LogP contribution in [0.25, 0.3) is 0 Å². The van der Waals surface area contributed by atoms with Crippen molar-refractivity contribution in [2.24, 2.45) is 5.41 Å². The van der Waals surface area contributed by atoms with E-state index in [1.165, 1.54) is 6.42 Å². The van der Waals surface area contributed by atoms with Crippen molar-refractivity contribution in [1.29, 1.82) is 0 Å². The quantitative estimate of drug-likeness (QED) is 0.709. The molecule has 0 fully saturated rings. The highest BCUT2D eigenvalue weighted by Gasteiger charge is 2.11. The van der Waals surface area contributed by atoms with Gasteiger partial charge in [0.2, 0.25) is 5.91 Å². The number of ether oxygens (including phenoxy) is 1. The van der Waals surface area contributed by atoms with Crippen LogP contribution in [0.1, 0.15) is 67.2 Å². The van der Waals surface area contributed by atoms with E-state index in [-0.39, 0.29) is 11.5 Å². The molecule has 3 nitrogen and oxygen atoms in total. The molecule has 18 heavy (non-hydrogen) atoms. The molecule has 108 valence electrons. The van der Waals surface area contributed by atoms with Crippen LogP contribution in [0.15, 0.2) is 0 Å². The summed E-state index contributed by atoms with van der Waals surface area (Å²) < 4.78 is 5.54. The average Bonchev–Trinajstić information content (AvgIpc) is 2.17. The molecule has 0 rings (SSSR count). The Kier molecular flexibility index (Phi) is 7.53. The van der Waals surface area contributed by atoms with Crippen LogP contribution in [0.4, 0.5) is 0 Å². The lowest BCUT2D eigenvalue weighted by Gasteiger charge is -2.19. The monoisotopic (exact) mass is 257 g/mol. The Balaban J connectivity index is 3.44. The van der Waals surface area contributed by atoms with Crippen molar-refractivity contribution >= 4 is 5.91 Å². The maximum absolute atomic E-state index is 11.5. The molecule has 0 aliphatic carbocycles. The highest BCUT2D eigenvalue weighted by Crippen LogP contribution is 2.21. The molecule has 3 heteroatoms. The standard InChI is InChI=1S/C15H31NO2/c1-14(2,3)10-8-7-9-13(17)16-11-12-18-15(4,5)6/h7-12H2,1-6H3,(H,16,17). The predicted octanol–water partition coefficient (Wildman–Crippen LogP) is 3.52. The summed E-state index contributed by atoms with van der Waals surface area (Å²) >= 11 is 0. The number of nitrogens with one attached hydrogen (secondary N) is 1. The molecule has 0 bridgehead atoms. The first-order valence-electron chi connectivity index (χ1n) is 7.01. The van der Waals surface area contributed by atoms with Crippen molar-refractivity contribution in [3.05, 3.63) is 0 Å². The number of carbonyl (C=O) groups excluding carboxylic acids is 1. The second-order valence-electron chi connectivity index (χ2n) is 7.08. The third-order valence-electron chi connectivity index (χ3n) is 2.54. The number of unbranched alkanes of at least 4 members (excludes halogenated alkanes) is 1. The SMILES string of the molecule is CC(C)(C)CCCCC(=O)NCCOC(C)(C)C. The number of hydrogen-bond acceptors (Lipinski definition) is 2. The topological polar surface area (TPSA) is 38.3 Å². The van der Waals surface area contributed by atoms with Gasteiger partial charge in [-0.15, -0.1) is 0 Å². The van der Waals surface area contributed by atoms with Crippen molar-refractivity contribution in [3.8, 4) is 0 Å². The molecular weight excluding hydrogens is 226 g/mol. The minimum absolute atomic E-state index is 0.128. The molecule has 0 atom stereocenters. The van der Waals surface area contributed by atoms with Gasteiger partial charge in [0.15, 0.2) is 0 Å². The summed E-state index contributed by atoms with van der Waals surface area (Å²) in [5.74, 6) is 0.140. The van der Waals surface area contributed by atoms with E-state index < -0.39 is 0 Å². The van der Waals surface area contributed by atoms with Gasteiger partial charge in [-0.3, -0.25) is 4.79 Å². The molecule has 0 saturated carbocycles. The highest BCUT2D eigenvalue weighted by molar-refractivity contribution is 5.75. The summed E-state index contributed by atoms with van der Waals surface area (Å²) in [6.45, 7) is 13.9. The Morgan fingerprint density at radius 3 is 2.17 bits per heavy atom. The highest BCUT2D eigenvalue weighted by atomic mass is 16.5. The Morgan fingerprint density at radius 2 is 1.67 bits per heavy atom. The molecule has 0 aromatic rings. The van der Waals surface area contributed by atoms with E-state index >= 15 is 0 Å². The van der Waals surface area contributed by atoms with Gasteiger partial charge in [-0.1, -0.05) is 27.2 Å². The van der Waals surface area contributed by atoms with E-state index in [1.807, 2.05) is 20.8 Å². The van der Waals surface area contributed by atoms with Crippen molar-refractivity contribution in [2.75, 3.05) is 13.2 Å². The molecule has 0 heterocycles. The molecule has 1 N–H and O–H groups in total. The van der Waals surface area contributed by atoms with Gasteiger partial charge in [-0.25, -0.2) is 0 Å². The van der Waals surface area contributed by atoms with Crippen LogP contribution in [0.5, 0.6) is 0 Å². The van der Waals surface area contributed by atoms with Crippen LogP contribution in [-0.4, -0.2) is 24.7 Å². The molecule has 0 unspecified atom stereocenters. The maximum Gasteiger partial charge on any atom is 0.220 e. The fourth-order valence-corrected chi connectivity index (χ4v) is 1.58. The zero-order valence-electron chi connectivity index (χ0n) is 13.1. The first-order chi connectivity index (χ1) is 8.10. The van der Waals surface area contributed by atoms with Gasteiger partial charge in [0.05, 0.1) is 12.2 Å². The fraction of sp³-hybridized carbons (Fsp3) is 0.933. The van der Waals surface area contributed by atoms with E-state index in [9.17, 15) is 4.79 Å². The van der Waals surface area contributed by atoms with Crippen molar-refractivity contribution < 1.29 is 9.53 Å². The van der Waals surface area contributed by atoms with E-state index in [2.05, 4.69) is 26.1 Å². The number of amides is 1. The fourth-order valence-electron chi connectivity index (χ4n) is 1.58. The third kappa shape index (κ3) is 13.5. The minimum Gasteiger partial charge on any atom is -0.374 e. The summed E-state index contributed by atoms with van der Waals surface area (Å²) in [4.78, 5) is 11.5. The largest absolute Gasteiger partial charge is 0.374 e. The van der Waals surface area contributed by atoms with Gasteiger partial charge in [0, 0.05) is 13.0 Å². The summed E-state index contributed by atoms with van der Waals surface area (Å²) in [6, 6.07) is 0. The molecular formula is C15H31NO2. The smallest absolute Gasteiger partial charge is 0.220 e. The first kappa shape index (κ1) is 17.4.